The van der Waals surface area contributed by atoms with Gasteiger partial charge >= 0.3 is 5.97 Å². The van der Waals surface area contributed by atoms with Crippen molar-refractivity contribution in [2.24, 2.45) is 5.92 Å². The smallest absolute Gasteiger partial charge is 0.330 e. The van der Waals surface area contributed by atoms with E-state index in [1.165, 1.54) is 63.9 Å². The second-order valence-corrected chi connectivity index (χ2v) is 5.85. The Hall–Kier alpha value is -0.790. The zero-order valence-electron chi connectivity index (χ0n) is 12.5. The first-order chi connectivity index (χ1) is 9.26. The maximum atomic E-state index is 11.2. The number of rotatable bonds is 9. The van der Waals surface area contributed by atoms with E-state index in [0.29, 0.717) is 0 Å². The van der Waals surface area contributed by atoms with E-state index >= 15 is 0 Å². The lowest BCUT2D eigenvalue weighted by atomic mass is 9.84. The van der Waals surface area contributed by atoms with E-state index in [4.69, 9.17) is 4.74 Å². The Morgan fingerprint density at radius 1 is 1.21 bits per heavy atom. The van der Waals surface area contributed by atoms with Gasteiger partial charge in [0.2, 0.25) is 0 Å². The van der Waals surface area contributed by atoms with E-state index in [1.54, 1.807) is 0 Å². The van der Waals surface area contributed by atoms with Gasteiger partial charge in [-0.1, -0.05) is 64.9 Å². The Kier molecular flexibility index (Phi) is 8.61. The van der Waals surface area contributed by atoms with Crippen LogP contribution in [0.5, 0.6) is 0 Å². The summed E-state index contributed by atoms with van der Waals surface area (Å²) in [5, 5.41) is 0. The van der Waals surface area contributed by atoms with Crippen molar-refractivity contribution >= 4 is 5.97 Å². The normalized spacial score (nSPS) is 23.0. The molecule has 1 aliphatic carbocycles. The van der Waals surface area contributed by atoms with Gasteiger partial charge < -0.3 is 4.74 Å². The third-order valence-corrected chi connectivity index (χ3v) is 4.15. The van der Waals surface area contributed by atoms with Crippen molar-refractivity contribution in [3.8, 4) is 0 Å². The summed E-state index contributed by atoms with van der Waals surface area (Å²) in [5.74, 6) is 0.507. The van der Waals surface area contributed by atoms with Gasteiger partial charge in [0.05, 0.1) is 0 Å². The molecule has 0 radical (unpaired) electrons. The van der Waals surface area contributed by atoms with Crippen LogP contribution in [0.15, 0.2) is 12.7 Å². The van der Waals surface area contributed by atoms with Crippen LogP contribution in [0.2, 0.25) is 0 Å². The molecule has 110 valence electrons. The number of hydrogen-bond donors (Lipinski definition) is 0. The molecule has 0 saturated heterocycles. The molecule has 0 bridgehead atoms. The van der Waals surface area contributed by atoms with Crippen LogP contribution in [-0.2, 0) is 9.53 Å². The van der Waals surface area contributed by atoms with Crippen LogP contribution < -0.4 is 0 Å². The van der Waals surface area contributed by atoms with Crippen molar-refractivity contribution in [3.63, 3.8) is 0 Å². The first-order valence-electron chi connectivity index (χ1n) is 8.09. The molecule has 0 spiro atoms. The van der Waals surface area contributed by atoms with Crippen molar-refractivity contribution < 1.29 is 9.53 Å². The molecule has 1 saturated carbocycles. The minimum Gasteiger partial charge on any atom is -0.459 e. The highest BCUT2D eigenvalue weighted by molar-refractivity contribution is 5.81. The molecule has 0 heterocycles. The van der Waals surface area contributed by atoms with Gasteiger partial charge in [0.1, 0.15) is 6.10 Å². The van der Waals surface area contributed by atoms with Crippen molar-refractivity contribution in [3.05, 3.63) is 12.7 Å². The predicted octanol–water partition coefficient (Wildman–Crippen LogP) is 5.03. The molecule has 1 fully saturated rings. The zero-order chi connectivity index (χ0) is 13.9. The average Bonchev–Trinajstić information content (AvgIpc) is 2.43. The molecule has 2 nitrogen and oxygen atoms in total. The fourth-order valence-corrected chi connectivity index (χ4v) is 3.04. The standard InChI is InChI=1S/C17H30O2/c1-3-5-6-7-8-9-11-15-12-10-13-16(14-15)19-17(18)4-2/h4,15-16H,2-3,5-14H2,1H3. The Balaban J connectivity index is 2.09. The number of ether oxygens (including phenoxy) is 1. The zero-order valence-corrected chi connectivity index (χ0v) is 12.5. The Morgan fingerprint density at radius 2 is 1.95 bits per heavy atom. The van der Waals surface area contributed by atoms with Gasteiger partial charge in [-0.2, -0.15) is 0 Å². The van der Waals surface area contributed by atoms with Gasteiger partial charge in [0, 0.05) is 6.08 Å². The summed E-state index contributed by atoms with van der Waals surface area (Å²) in [6.45, 7) is 5.71. The highest BCUT2D eigenvalue weighted by Crippen LogP contribution is 2.30. The third kappa shape index (κ3) is 7.39. The molecule has 0 N–H and O–H groups in total. The highest BCUT2D eigenvalue weighted by atomic mass is 16.5. The lowest BCUT2D eigenvalue weighted by molar-refractivity contribution is -0.145. The largest absolute Gasteiger partial charge is 0.459 e. The number of carbonyl (C=O) groups is 1. The molecular weight excluding hydrogens is 236 g/mol. The quantitative estimate of drug-likeness (QED) is 0.332. The van der Waals surface area contributed by atoms with E-state index < -0.39 is 0 Å². The van der Waals surface area contributed by atoms with Gasteiger partial charge in [0.15, 0.2) is 0 Å². The minimum atomic E-state index is -0.259. The summed E-state index contributed by atoms with van der Waals surface area (Å²) < 4.78 is 5.37. The lowest BCUT2D eigenvalue weighted by Crippen LogP contribution is -2.24. The van der Waals surface area contributed by atoms with Gasteiger partial charge in [-0.25, -0.2) is 4.79 Å². The molecule has 0 aliphatic heterocycles. The second-order valence-electron chi connectivity index (χ2n) is 5.85. The average molecular weight is 266 g/mol. The molecule has 0 amide bonds. The summed E-state index contributed by atoms with van der Waals surface area (Å²) in [6, 6.07) is 0. The Bertz CT molecular complexity index is 260. The van der Waals surface area contributed by atoms with Crippen LogP contribution in [0.25, 0.3) is 0 Å². The molecule has 0 aromatic heterocycles. The highest BCUT2D eigenvalue weighted by Gasteiger charge is 2.23. The molecule has 2 unspecified atom stereocenters. The van der Waals surface area contributed by atoms with E-state index in [1.807, 2.05) is 0 Å². The maximum Gasteiger partial charge on any atom is 0.330 e. The summed E-state index contributed by atoms with van der Waals surface area (Å²) in [4.78, 5) is 11.2. The van der Waals surface area contributed by atoms with Crippen molar-refractivity contribution in [1.82, 2.24) is 0 Å². The van der Waals surface area contributed by atoms with E-state index in [0.717, 1.165) is 18.8 Å². The van der Waals surface area contributed by atoms with Crippen LogP contribution in [-0.4, -0.2) is 12.1 Å². The van der Waals surface area contributed by atoms with Gasteiger partial charge in [-0.3, -0.25) is 0 Å². The SMILES string of the molecule is C=CC(=O)OC1CCCC(CCCCCCCC)C1. The lowest BCUT2D eigenvalue weighted by Gasteiger charge is -2.28. The first-order valence-corrected chi connectivity index (χ1v) is 8.09. The summed E-state index contributed by atoms with van der Waals surface area (Å²) >= 11 is 0. The molecule has 1 aliphatic rings. The molecular formula is C17H30O2. The molecule has 1 rings (SSSR count). The van der Waals surface area contributed by atoms with Gasteiger partial charge in [-0.05, 0) is 25.2 Å². The maximum absolute atomic E-state index is 11.2. The van der Waals surface area contributed by atoms with Gasteiger partial charge in [0.25, 0.3) is 0 Å². The second kappa shape index (κ2) is 10.1. The summed E-state index contributed by atoms with van der Waals surface area (Å²) in [6.07, 6.45) is 15.5. The minimum absolute atomic E-state index is 0.143. The number of esters is 1. The molecule has 2 heteroatoms. The number of carbonyl (C=O) groups excluding carboxylic acids is 1. The number of unbranched alkanes of at least 4 members (excludes halogenated alkanes) is 5. The fraction of sp³-hybridized carbons (Fsp3) is 0.824. The monoisotopic (exact) mass is 266 g/mol. The van der Waals surface area contributed by atoms with E-state index in [2.05, 4.69) is 13.5 Å². The van der Waals surface area contributed by atoms with E-state index in [9.17, 15) is 4.79 Å². The summed E-state index contributed by atoms with van der Waals surface area (Å²) in [7, 11) is 0. The van der Waals surface area contributed by atoms with Crippen LogP contribution >= 0.6 is 0 Å². The van der Waals surface area contributed by atoms with Crippen LogP contribution in [0.1, 0.15) is 77.6 Å². The molecule has 2 atom stereocenters. The summed E-state index contributed by atoms with van der Waals surface area (Å²) in [5.41, 5.74) is 0. The van der Waals surface area contributed by atoms with Crippen molar-refractivity contribution in [2.75, 3.05) is 0 Å². The van der Waals surface area contributed by atoms with Crippen molar-refractivity contribution in [1.29, 1.82) is 0 Å². The number of hydrogen-bond acceptors (Lipinski definition) is 2. The van der Waals surface area contributed by atoms with Crippen LogP contribution in [0, 0.1) is 5.92 Å². The topological polar surface area (TPSA) is 26.3 Å². The van der Waals surface area contributed by atoms with Crippen LogP contribution in [0.4, 0.5) is 0 Å². The van der Waals surface area contributed by atoms with Crippen LogP contribution in [0.3, 0.4) is 0 Å². The Morgan fingerprint density at radius 3 is 2.68 bits per heavy atom. The Labute approximate surface area is 118 Å². The first kappa shape index (κ1) is 16.3. The van der Waals surface area contributed by atoms with Crippen molar-refractivity contribution in [2.45, 2.75) is 83.7 Å². The molecule has 19 heavy (non-hydrogen) atoms. The molecule has 0 aromatic rings. The molecule has 0 aromatic carbocycles. The van der Waals surface area contributed by atoms with E-state index in [-0.39, 0.29) is 12.1 Å². The predicted molar refractivity (Wildman–Crippen MR) is 80.0 cm³/mol. The fourth-order valence-electron chi connectivity index (χ4n) is 3.04. The third-order valence-electron chi connectivity index (χ3n) is 4.15. The van der Waals surface area contributed by atoms with Gasteiger partial charge in [-0.15, -0.1) is 0 Å².